The SMILES string of the molecule is O=C(NCCNc1cc(-c2ccccc2Cl)nc2c(Br)cnn12)C1CC1. The lowest BCUT2D eigenvalue weighted by molar-refractivity contribution is -0.122. The van der Waals surface area contributed by atoms with Gasteiger partial charge in [-0.05, 0) is 34.8 Å². The van der Waals surface area contributed by atoms with Crippen molar-refractivity contribution in [3.63, 3.8) is 0 Å². The fraction of sp³-hybridized carbons (Fsp3) is 0.278. The maximum absolute atomic E-state index is 11.7. The number of hydrogen-bond acceptors (Lipinski definition) is 4. The zero-order chi connectivity index (χ0) is 18.1. The number of nitrogens with one attached hydrogen (secondary N) is 2. The molecule has 0 aliphatic heterocycles. The van der Waals surface area contributed by atoms with E-state index < -0.39 is 0 Å². The van der Waals surface area contributed by atoms with Gasteiger partial charge in [0.05, 0.1) is 16.4 Å². The maximum Gasteiger partial charge on any atom is 0.223 e. The van der Waals surface area contributed by atoms with Crippen molar-refractivity contribution in [3.05, 3.63) is 46.0 Å². The van der Waals surface area contributed by atoms with E-state index in [4.69, 9.17) is 11.6 Å². The highest BCUT2D eigenvalue weighted by molar-refractivity contribution is 9.10. The van der Waals surface area contributed by atoms with Crippen LogP contribution in [0.5, 0.6) is 0 Å². The quantitative estimate of drug-likeness (QED) is 0.580. The molecule has 2 aromatic heterocycles. The van der Waals surface area contributed by atoms with Crippen LogP contribution in [0.4, 0.5) is 5.82 Å². The topological polar surface area (TPSA) is 71.3 Å². The monoisotopic (exact) mass is 433 g/mol. The summed E-state index contributed by atoms with van der Waals surface area (Å²) in [5.74, 6) is 1.15. The molecule has 1 amide bonds. The molecule has 1 aliphatic rings. The molecular formula is C18H17BrClN5O. The molecule has 1 fully saturated rings. The molecule has 1 saturated carbocycles. The van der Waals surface area contributed by atoms with Gasteiger partial charge in [0.1, 0.15) is 5.82 Å². The van der Waals surface area contributed by atoms with Crippen molar-refractivity contribution in [1.29, 1.82) is 0 Å². The van der Waals surface area contributed by atoms with E-state index in [2.05, 4.69) is 36.6 Å². The standard InChI is InChI=1S/C18H17BrClN5O/c19-13-10-23-25-16(21-7-8-22-18(26)11-5-6-11)9-15(24-17(13)25)12-3-1-2-4-14(12)20/h1-4,9-11,21H,5-8H2,(H,22,26). The van der Waals surface area contributed by atoms with Crippen LogP contribution in [0.25, 0.3) is 16.9 Å². The highest BCUT2D eigenvalue weighted by Crippen LogP contribution is 2.30. The minimum absolute atomic E-state index is 0.144. The van der Waals surface area contributed by atoms with E-state index in [0.717, 1.165) is 34.4 Å². The Labute approximate surface area is 164 Å². The number of halogens is 2. The lowest BCUT2D eigenvalue weighted by Crippen LogP contribution is -2.30. The van der Waals surface area contributed by atoms with Crippen molar-refractivity contribution >= 4 is 44.9 Å². The Morgan fingerprint density at radius 3 is 2.88 bits per heavy atom. The molecule has 1 aromatic carbocycles. The van der Waals surface area contributed by atoms with Crippen LogP contribution < -0.4 is 10.6 Å². The van der Waals surface area contributed by atoms with Crippen molar-refractivity contribution in [1.82, 2.24) is 19.9 Å². The summed E-state index contributed by atoms with van der Waals surface area (Å²) in [5, 5.41) is 11.3. The molecule has 8 heteroatoms. The Bertz CT molecular complexity index is 969. The van der Waals surface area contributed by atoms with Gasteiger partial charge in [-0.25, -0.2) is 4.98 Å². The summed E-state index contributed by atoms with van der Waals surface area (Å²) in [6, 6.07) is 9.51. The maximum atomic E-state index is 11.7. The Balaban J connectivity index is 1.58. The Morgan fingerprint density at radius 2 is 2.12 bits per heavy atom. The fourth-order valence-electron chi connectivity index (χ4n) is 2.74. The molecule has 0 spiro atoms. The Kier molecular flexibility index (Phi) is 4.82. The zero-order valence-corrected chi connectivity index (χ0v) is 16.2. The molecule has 0 unspecified atom stereocenters. The van der Waals surface area contributed by atoms with Crippen LogP contribution in [0.1, 0.15) is 12.8 Å². The van der Waals surface area contributed by atoms with E-state index in [0.29, 0.717) is 23.8 Å². The predicted molar refractivity (Wildman–Crippen MR) is 105 cm³/mol. The number of aromatic nitrogens is 3. The number of carbonyl (C=O) groups excluding carboxylic acids is 1. The van der Waals surface area contributed by atoms with Crippen molar-refractivity contribution in [3.8, 4) is 11.3 Å². The number of amides is 1. The second kappa shape index (κ2) is 7.25. The molecule has 26 heavy (non-hydrogen) atoms. The molecule has 0 radical (unpaired) electrons. The van der Waals surface area contributed by atoms with Gasteiger partial charge in [-0.1, -0.05) is 29.8 Å². The van der Waals surface area contributed by atoms with Crippen molar-refractivity contribution in [2.24, 2.45) is 5.92 Å². The molecule has 0 atom stereocenters. The summed E-state index contributed by atoms with van der Waals surface area (Å²) in [6.07, 6.45) is 3.72. The molecular weight excluding hydrogens is 418 g/mol. The normalized spacial score (nSPS) is 13.8. The number of rotatable bonds is 6. The summed E-state index contributed by atoms with van der Waals surface area (Å²) >= 11 is 9.82. The predicted octanol–water partition coefficient (Wildman–Crippen LogP) is 3.75. The van der Waals surface area contributed by atoms with E-state index >= 15 is 0 Å². The second-order valence-electron chi connectivity index (χ2n) is 6.23. The molecule has 1 aliphatic carbocycles. The smallest absolute Gasteiger partial charge is 0.223 e. The van der Waals surface area contributed by atoms with E-state index in [9.17, 15) is 4.79 Å². The Hall–Kier alpha value is -2.12. The summed E-state index contributed by atoms with van der Waals surface area (Å²) in [6.45, 7) is 1.15. The molecule has 4 rings (SSSR count). The Morgan fingerprint density at radius 1 is 1.31 bits per heavy atom. The first-order valence-corrected chi connectivity index (χ1v) is 9.61. The first kappa shape index (κ1) is 17.3. The molecule has 3 aromatic rings. The molecule has 0 saturated heterocycles. The van der Waals surface area contributed by atoms with E-state index in [1.807, 2.05) is 30.3 Å². The number of carbonyl (C=O) groups is 1. The lowest BCUT2D eigenvalue weighted by Gasteiger charge is -2.12. The third kappa shape index (κ3) is 3.54. The van der Waals surface area contributed by atoms with Gasteiger partial charge in [0.15, 0.2) is 5.65 Å². The van der Waals surface area contributed by atoms with Crippen LogP contribution in [0.3, 0.4) is 0 Å². The number of anilines is 1. The zero-order valence-electron chi connectivity index (χ0n) is 13.9. The van der Waals surface area contributed by atoms with Crippen LogP contribution in [0.15, 0.2) is 41.0 Å². The van der Waals surface area contributed by atoms with E-state index in [1.54, 1.807) is 10.7 Å². The minimum atomic E-state index is 0.144. The van der Waals surface area contributed by atoms with Crippen molar-refractivity contribution in [2.75, 3.05) is 18.4 Å². The second-order valence-corrected chi connectivity index (χ2v) is 7.49. The average molecular weight is 435 g/mol. The molecule has 2 N–H and O–H groups in total. The summed E-state index contributed by atoms with van der Waals surface area (Å²) in [7, 11) is 0. The fourth-order valence-corrected chi connectivity index (χ4v) is 3.32. The first-order valence-electron chi connectivity index (χ1n) is 8.44. The number of benzene rings is 1. The average Bonchev–Trinajstić information content (AvgIpc) is 3.43. The van der Waals surface area contributed by atoms with Crippen LogP contribution in [-0.4, -0.2) is 33.6 Å². The third-order valence-corrected chi connectivity index (χ3v) is 5.15. The lowest BCUT2D eigenvalue weighted by atomic mass is 10.1. The molecule has 6 nitrogen and oxygen atoms in total. The number of fused-ring (bicyclic) bond motifs is 1. The van der Waals surface area contributed by atoms with Gasteiger partial charge in [-0.2, -0.15) is 9.61 Å². The van der Waals surface area contributed by atoms with Gasteiger partial charge < -0.3 is 10.6 Å². The number of hydrogen-bond donors (Lipinski definition) is 2. The third-order valence-electron chi connectivity index (χ3n) is 4.26. The number of nitrogens with zero attached hydrogens (tertiary/aromatic N) is 3. The molecule has 134 valence electrons. The summed E-state index contributed by atoms with van der Waals surface area (Å²) < 4.78 is 2.53. The van der Waals surface area contributed by atoms with Crippen molar-refractivity contribution < 1.29 is 4.79 Å². The van der Waals surface area contributed by atoms with Gasteiger partial charge in [0, 0.05) is 35.7 Å². The van der Waals surface area contributed by atoms with E-state index in [1.165, 1.54) is 0 Å². The van der Waals surface area contributed by atoms with Crippen LogP contribution >= 0.6 is 27.5 Å². The van der Waals surface area contributed by atoms with Crippen LogP contribution in [0, 0.1) is 5.92 Å². The first-order chi connectivity index (χ1) is 12.6. The van der Waals surface area contributed by atoms with Gasteiger partial charge in [-0.15, -0.1) is 0 Å². The molecule has 2 heterocycles. The highest BCUT2D eigenvalue weighted by atomic mass is 79.9. The van der Waals surface area contributed by atoms with Crippen molar-refractivity contribution in [2.45, 2.75) is 12.8 Å². The van der Waals surface area contributed by atoms with E-state index in [-0.39, 0.29) is 11.8 Å². The van der Waals surface area contributed by atoms with Crippen LogP contribution in [0.2, 0.25) is 5.02 Å². The van der Waals surface area contributed by atoms with Gasteiger partial charge in [-0.3, -0.25) is 4.79 Å². The van der Waals surface area contributed by atoms with Crippen LogP contribution in [-0.2, 0) is 4.79 Å². The van der Waals surface area contributed by atoms with Gasteiger partial charge >= 0.3 is 0 Å². The van der Waals surface area contributed by atoms with Gasteiger partial charge in [0.25, 0.3) is 0 Å². The highest BCUT2D eigenvalue weighted by Gasteiger charge is 2.29. The van der Waals surface area contributed by atoms with Gasteiger partial charge in [0.2, 0.25) is 5.91 Å². The summed E-state index contributed by atoms with van der Waals surface area (Å²) in [4.78, 5) is 16.4. The largest absolute Gasteiger partial charge is 0.368 e. The minimum Gasteiger partial charge on any atom is -0.368 e. The summed E-state index contributed by atoms with van der Waals surface area (Å²) in [5.41, 5.74) is 2.32. The molecule has 0 bridgehead atoms.